The first-order valence-electron chi connectivity index (χ1n) is 6.27. The molecule has 0 fully saturated rings. The highest BCUT2D eigenvalue weighted by Gasteiger charge is 2.29. The fourth-order valence-electron chi connectivity index (χ4n) is 2.23. The Labute approximate surface area is 117 Å². The van der Waals surface area contributed by atoms with Gasteiger partial charge in [0, 0.05) is 19.6 Å². The highest BCUT2D eigenvalue weighted by molar-refractivity contribution is 7.89. The summed E-state index contributed by atoms with van der Waals surface area (Å²) in [7, 11) is -3.52. The third-order valence-corrected chi connectivity index (χ3v) is 5.22. The first kappa shape index (κ1) is 13.2. The van der Waals surface area contributed by atoms with Crippen LogP contribution >= 0.6 is 0 Å². The first-order valence-corrected chi connectivity index (χ1v) is 7.71. The molecule has 1 aliphatic heterocycles. The van der Waals surface area contributed by atoms with Crippen LogP contribution < -0.4 is 5.73 Å². The number of sulfonamides is 1. The summed E-state index contributed by atoms with van der Waals surface area (Å²) < 4.78 is 28.5. The SMILES string of the molecule is NCc1cccc(S(=O)(=O)N2CCn3cnnc3C2)c1. The van der Waals surface area contributed by atoms with E-state index < -0.39 is 10.0 Å². The number of hydrogen-bond acceptors (Lipinski definition) is 5. The quantitative estimate of drug-likeness (QED) is 0.855. The summed E-state index contributed by atoms with van der Waals surface area (Å²) in [5.41, 5.74) is 6.36. The molecule has 0 saturated heterocycles. The van der Waals surface area contributed by atoms with Gasteiger partial charge in [0.2, 0.25) is 10.0 Å². The number of aromatic nitrogens is 3. The number of hydrogen-bond donors (Lipinski definition) is 1. The van der Waals surface area contributed by atoms with Crippen LogP contribution in [-0.2, 0) is 29.7 Å². The van der Waals surface area contributed by atoms with Crippen LogP contribution in [0.3, 0.4) is 0 Å². The second-order valence-electron chi connectivity index (χ2n) is 4.63. The normalized spacial score (nSPS) is 16.1. The Kier molecular flexibility index (Phi) is 3.28. The maximum atomic E-state index is 12.6. The van der Waals surface area contributed by atoms with Gasteiger partial charge in [0.1, 0.15) is 12.2 Å². The van der Waals surface area contributed by atoms with Gasteiger partial charge in [0.15, 0.2) is 0 Å². The lowest BCUT2D eigenvalue weighted by molar-refractivity contribution is 0.335. The first-order chi connectivity index (χ1) is 9.61. The topological polar surface area (TPSA) is 94.1 Å². The highest BCUT2D eigenvalue weighted by Crippen LogP contribution is 2.21. The second-order valence-corrected chi connectivity index (χ2v) is 6.57. The van der Waals surface area contributed by atoms with Crippen molar-refractivity contribution in [2.75, 3.05) is 6.54 Å². The third kappa shape index (κ3) is 2.21. The molecule has 1 aromatic carbocycles. The molecule has 0 spiro atoms. The van der Waals surface area contributed by atoms with Crippen molar-refractivity contribution in [3.63, 3.8) is 0 Å². The third-order valence-electron chi connectivity index (χ3n) is 3.38. The van der Waals surface area contributed by atoms with Crippen LogP contribution in [0.5, 0.6) is 0 Å². The average molecular weight is 293 g/mol. The summed E-state index contributed by atoms with van der Waals surface area (Å²) >= 11 is 0. The van der Waals surface area contributed by atoms with Crippen molar-refractivity contribution >= 4 is 10.0 Å². The fraction of sp³-hybridized carbons (Fsp3) is 0.333. The van der Waals surface area contributed by atoms with Gasteiger partial charge in [0.05, 0.1) is 11.4 Å². The Balaban J connectivity index is 1.93. The van der Waals surface area contributed by atoms with E-state index in [1.54, 1.807) is 24.5 Å². The molecule has 0 aliphatic carbocycles. The molecule has 0 bridgehead atoms. The second kappa shape index (κ2) is 4.97. The van der Waals surface area contributed by atoms with Crippen LogP contribution in [0.1, 0.15) is 11.4 Å². The number of rotatable bonds is 3. The van der Waals surface area contributed by atoms with Gasteiger partial charge in [-0.1, -0.05) is 12.1 Å². The van der Waals surface area contributed by atoms with E-state index in [2.05, 4.69) is 10.2 Å². The van der Waals surface area contributed by atoms with Gasteiger partial charge < -0.3 is 10.3 Å². The summed E-state index contributed by atoms with van der Waals surface area (Å²) in [6.45, 7) is 1.55. The Hall–Kier alpha value is -1.77. The Morgan fingerprint density at radius 1 is 1.30 bits per heavy atom. The molecule has 3 rings (SSSR count). The molecule has 20 heavy (non-hydrogen) atoms. The number of benzene rings is 1. The molecule has 0 amide bonds. The molecule has 1 aromatic heterocycles. The van der Waals surface area contributed by atoms with Gasteiger partial charge in [-0.2, -0.15) is 4.31 Å². The lowest BCUT2D eigenvalue weighted by Crippen LogP contribution is -2.38. The Morgan fingerprint density at radius 2 is 2.15 bits per heavy atom. The summed E-state index contributed by atoms with van der Waals surface area (Å²) in [4.78, 5) is 0.272. The largest absolute Gasteiger partial charge is 0.326 e. The highest BCUT2D eigenvalue weighted by atomic mass is 32.2. The van der Waals surface area contributed by atoms with E-state index in [-0.39, 0.29) is 11.4 Å². The summed E-state index contributed by atoms with van der Waals surface area (Å²) in [5, 5.41) is 7.73. The number of nitrogens with zero attached hydrogens (tertiary/aromatic N) is 4. The van der Waals surface area contributed by atoms with Crippen LogP contribution in [0, 0.1) is 0 Å². The Morgan fingerprint density at radius 3 is 2.95 bits per heavy atom. The minimum absolute atomic E-state index is 0.245. The lowest BCUT2D eigenvalue weighted by Gasteiger charge is -2.26. The summed E-state index contributed by atoms with van der Waals surface area (Å²) in [6, 6.07) is 6.73. The van der Waals surface area contributed by atoms with Crippen LogP contribution in [-0.4, -0.2) is 34.0 Å². The van der Waals surface area contributed by atoms with Gasteiger partial charge in [-0.3, -0.25) is 0 Å². The molecule has 1 aliphatic rings. The fourth-order valence-corrected chi connectivity index (χ4v) is 3.69. The van der Waals surface area contributed by atoms with Crippen molar-refractivity contribution in [2.45, 2.75) is 24.5 Å². The smallest absolute Gasteiger partial charge is 0.243 e. The number of nitrogens with two attached hydrogens (primary N) is 1. The monoisotopic (exact) mass is 293 g/mol. The maximum Gasteiger partial charge on any atom is 0.243 e. The van der Waals surface area contributed by atoms with Crippen molar-refractivity contribution in [2.24, 2.45) is 5.73 Å². The van der Waals surface area contributed by atoms with Crippen molar-refractivity contribution in [3.8, 4) is 0 Å². The maximum absolute atomic E-state index is 12.6. The summed E-state index contributed by atoms with van der Waals surface area (Å²) in [6.07, 6.45) is 1.62. The summed E-state index contributed by atoms with van der Waals surface area (Å²) in [5.74, 6) is 0.662. The molecule has 0 unspecified atom stereocenters. The van der Waals surface area contributed by atoms with Crippen LogP contribution in [0.15, 0.2) is 35.5 Å². The van der Waals surface area contributed by atoms with E-state index in [0.717, 1.165) is 5.56 Å². The van der Waals surface area contributed by atoms with Gasteiger partial charge >= 0.3 is 0 Å². The molecule has 2 heterocycles. The molecule has 2 aromatic rings. The molecular weight excluding hydrogens is 278 g/mol. The van der Waals surface area contributed by atoms with Crippen molar-refractivity contribution in [1.29, 1.82) is 0 Å². The van der Waals surface area contributed by atoms with Gasteiger partial charge in [-0.05, 0) is 17.7 Å². The van der Waals surface area contributed by atoms with Gasteiger partial charge in [-0.15, -0.1) is 10.2 Å². The zero-order valence-corrected chi connectivity index (χ0v) is 11.6. The molecule has 106 valence electrons. The van der Waals surface area contributed by atoms with E-state index in [1.807, 2.05) is 10.6 Å². The van der Waals surface area contributed by atoms with Crippen molar-refractivity contribution < 1.29 is 8.42 Å². The molecule has 7 nitrogen and oxygen atoms in total. The predicted molar refractivity (Wildman–Crippen MR) is 72.0 cm³/mol. The van der Waals surface area contributed by atoms with Crippen molar-refractivity contribution in [3.05, 3.63) is 42.0 Å². The number of fused-ring (bicyclic) bond motifs is 1. The average Bonchev–Trinajstić information content (AvgIpc) is 2.94. The molecule has 8 heteroatoms. The van der Waals surface area contributed by atoms with E-state index in [9.17, 15) is 8.42 Å². The van der Waals surface area contributed by atoms with Gasteiger partial charge in [0.25, 0.3) is 0 Å². The minimum atomic E-state index is -3.52. The minimum Gasteiger partial charge on any atom is -0.326 e. The molecule has 0 atom stereocenters. The molecular formula is C12H15N5O2S. The van der Waals surface area contributed by atoms with Crippen LogP contribution in [0.25, 0.3) is 0 Å². The van der Waals surface area contributed by atoms with Gasteiger partial charge in [-0.25, -0.2) is 8.42 Å². The Bertz CT molecular complexity index is 725. The molecule has 2 N–H and O–H groups in total. The van der Waals surface area contributed by atoms with E-state index in [4.69, 9.17) is 5.73 Å². The standard InChI is InChI=1S/C12H15N5O2S/c13-7-10-2-1-3-11(6-10)20(18,19)17-5-4-16-9-14-15-12(16)8-17/h1-3,6,9H,4-5,7-8,13H2. The van der Waals surface area contributed by atoms with E-state index in [1.165, 1.54) is 4.31 Å². The van der Waals surface area contributed by atoms with E-state index >= 15 is 0 Å². The zero-order valence-electron chi connectivity index (χ0n) is 10.8. The lowest BCUT2D eigenvalue weighted by atomic mass is 10.2. The molecule has 0 radical (unpaired) electrons. The molecule has 0 saturated carbocycles. The predicted octanol–water partition coefficient (Wildman–Crippen LogP) is -0.0587. The zero-order chi connectivity index (χ0) is 14.2. The van der Waals surface area contributed by atoms with Crippen LogP contribution in [0.2, 0.25) is 0 Å². The van der Waals surface area contributed by atoms with Crippen molar-refractivity contribution in [1.82, 2.24) is 19.1 Å². The van der Waals surface area contributed by atoms with Crippen LogP contribution in [0.4, 0.5) is 0 Å². The van der Waals surface area contributed by atoms with E-state index in [0.29, 0.717) is 25.5 Å².